The highest BCUT2D eigenvalue weighted by molar-refractivity contribution is 7.89. The minimum absolute atomic E-state index is 0.229. The van der Waals surface area contributed by atoms with Gasteiger partial charge in [-0.3, -0.25) is 0 Å². The van der Waals surface area contributed by atoms with Gasteiger partial charge in [0, 0.05) is 26.7 Å². The summed E-state index contributed by atoms with van der Waals surface area (Å²) in [5, 5.41) is 0. The maximum Gasteiger partial charge on any atom is 0.242 e. The third-order valence-corrected chi connectivity index (χ3v) is 4.88. The van der Waals surface area contributed by atoms with Gasteiger partial charge < -0.3 is 10.5 Å². The van der Waals surface area contributed by atoms with Crippen LogP contribution in [-0.2, 0) is 21.2 Å². The van der Waals surface area contributed by atoms with Crippen LogP contribution in [0.5, 0.6) is 0 Å². The number of nitrogens with two attached hydrogens (primary N) is 1. The summed E-state index contributed by atoms with van der Waals surface area (Å²) < 4.78 is 30.9. The number of nitrogens with zero attached hydrogens (tertiary/aromatic N) is 1. The van der Waals surface area contributed by atoms with E-state index in [2.05, 4.69) is 6.92 Å². The summed E-state index contributed by atoms with van der Waals surface area (Å²) >= 11 is 0. The van der Waals surface area contributed by atoms with E-state index < -0.39 is 10.0 Å². The molecule has 0 aliphatic carbocycles. The Hall–Kier alpha value is -0.950. The molecule has 0 saturated heterocycles. The summed E-state index contributed by atoms with van der Waals surface area (Å²) in [6, 6.07) is 6.69. The molecule has 0 amide bonds. The molecule has 0 spiro atoms. The SMILES string of the molecule is CCCc1ccc(S(=O)(=O)N(C)CC(N)COC)cc1. The zero-order valence-corrected chi connectivity index (χ0v) is 13.2. The first-order valence-electron chi connectivity index (χ1n) is 6.71. The van der Waals surface area contributed by atoms with Crippen molar-refractivity contribution in [3.63, 3.8) is 0 Å². The third kappa shape index (κ3) is 4.56. The highest BCUT2D eigenvalue weighted by atomic mass is 32.2. The first kappa shape index (κ1) is 17.1. The summed E-state index contributed by atoms with van der Waals surface area (Å²) in [5.41, 5.74) is 6.94. The largest absolute Gasteiger partial charge is 0.383 e. The number of aryl methyl sites for hydroxylation is 1. The Bertz CT molecular complexity index is 500. The van der Waals surface area contributed by atoms with Crippen LogP contribution in [0.1, 0.15) is 18.9 Å². The van der Waals surface area contributed by atoms with Crippen LogP contribution in [0, 0.1) is 0 Å². The second kappa shape index (κ2) is 7.73. The van der Waals surface area contributed by atoms with Crippen molar-refractivity contribution in [2.75, 3.05) is 27.3 Å². The summed E-state index contributed by atoms with van der Waals surface area (Å²) in [7, 11) is -0.411. The Morgan fingerprint density at radius 1 is 1.30 bits per heavy atom. The maximum atomic E-state index is 12.4. The fourth-order valence-electron chi connectivity index (χ4n) is 1.99. The molecular weight excluding hydrogens is 276 g/mol. The van der Waals surface area contributed by atoms with Gasteiger partial charge in [0.2, 0.25) is 10.0 Å². The second-order valence-corrected chi connectivity index (χ2v) is 6.94. The molecule has 0 aliphatic heterocycles. The predicted molar refractivity (Wildman–Crippen MR) is 80.1 cm³/mol. The zero-order chi connectivity index (χ0) is 15.2. The molecule has 0 heterocycles. The summed E-state index contributed by atoms with van der Waals surface area (Å²) in [4.78, 5) is 0.296. The van der Waals surface area contributed by atoms with Crippen molar-refractivity contribution in [3.8, 4) is 0 Å². The molecule has 20 heavy (non-hydrogen) atoms. The van der Waals surface area contributed by atoms with E-state index in [0.717, 1.165) is 18.4 Å². The van der Waals surface area contributed by atoms with Crippen LogP contribution in [0.3, 0.4) is 0 Å². The van der Waals surface area contributed by atoms with Crippen LogP contribution in [0.4, 0.5) is 0 Å². The van der Waals surface area contributed by atoms with Crippen molar-refractivity contribution in [3.05, 3.63) is 29.8 Å². The van der Waals surface area contributed by atoms with E-state index in [0.29, 0.717) is 11.5 Å². The predicted octanol–water partition coefficient (Wildman–Crippen LogP) is 1.23. The number of methoxy groups -OCH3 is 1. The average molecular weight is 300 g/mol. The van der Waals surface area contributed by atoms with Gasteiger partial charge in [-0.2, -0.15) is 4.31 Å². The lowest BCUT2D eigenvalue weighted by atomic mass is 10.1. The molecule has 1 unspecified atom stereocenters. The highest BCUT2D eigenvalue weighted by Crippen LogP contribution is 2.16. The summed E-state index contributed by atoms with van der Waals surface area (Å²) in [5.74, 6) is 0. The van der Waals surface area contributed by atoms with Gasteiger partial charge in [-0.15, -0.1) is 0 Å². The molecule has 0 fully saturated rings. The lowest BCUT2D eigenvalue weighted by Gasteiger charge is -2.21. The van der Waals surface area contributed by atoms with Gasteiger partial charge in [0.05, 0.1) is 11.5 Å². The summed E-state index contributed by atoms with van der Waals surface area (Å²) in [6.07, 6.45) is 1.99. The van der Waals surface area contributed by atoms with Gasteiger partial charge in [0.25, 0.3) is 0 Å². The molecule has 0 saturated carbocycles. The molecular formula is C14H24N2O3S. The van der Waals surface area contributed by atoms with Gasteiger partial charge in [0.1, 0.15) is 0 Å². The van der Waals surface area contributed by atoms with Gasteiger partial charge in [-0.1, -0.05) is 25.5 Å². The minimum atomic E-state index is -3.49. The number of hydrogen-bond acceptors (Lipinski definition) is 4. The van der Waals surface area contributed by atoms with Gasteiger partial charge >= 0.3 is 0 Å². The molecule has 1 rings (SSSR count). The fourth-order valence-corrected chi connectivity index (χ4v) is 3.22. The molecule has 0 bridgehead atoms. The number of sulfonamides is 1. The molecule has 1 atom stereocenters. The Kier molecular flexibility index (Phi) is 6.61. The van der Waals surface area contributed by atoms with Crippen molar-refractivity contribution in [2.45, 2.75) is 30.7 Å². The number of rotatable bonds is 8. The minimum Gasteiger partial charge on any atom is -0.383 e. The molecule has 6 heteroatoms. The number of hydrogen-bond donors (Lipinski definition) is 1. The first-order chi connectivity index (χ1) is 9.41. The van der Waals surface area contributed by atoms with Crippen molar-refractivity contribution >= 4 is 10.0 Å². The molecule has 1 aromatic carbocycles. The standard InChI is InChI=1S/C14H24N2O3S/c1-4-5-12-6-8-14(9-7-12)20(17,18)16(2)10-13(15)11-19-3/h6-9,13H,4-5,10-11,15H2,1-3H3. The number of ether oxygens (including phenoxy) is 1. The Morgan fingerprint density at radius 3 is 2.40 bits per heavy atom. The molecule has 1 aromatic rings. The molecule has 2 N–H and O–H groups in total. The van der Waals surface area contributed by atoms with Crippen molar-refractivity contribution < 1.29 is 13.2 Å². The Morgan fingerprint density at radius 2 is 1.90 bits per heavy atom. The van der Waals surface area contributed by atoms with E-state index >= 15 is 0 Å². The molecule has 114 valence electrons. The van der Waals surface area contributed by atoms with Gasteiger partial charge in [0.15, 0.2) is 0 Å². The van der Waals surface area contributed by atoms with Gasteiger partial charge in [-0.05, 0) is 24.1 Å². The second-order valence-electron chi connectivity index (χ2n) is 4.89. The molecule has 5 nitrogen and oxygen atoms in total. The van der Waals surface area contributed by atoms with Crippen LogP contribution >= 0.6 is 0 Å². The van der Waals surface area contributed by atoms with Crippen molar-refractivity contribution in [1.29, 1.82) is 0 Å². The van der Waals surface area contributed by atoms with Gasteiger partial charge in [-0.25, -0.2) is 8.42 Å². The normalized spacial score (nSPS) is 13.7. The van der Waals surface area contributed by atoms with Crippen LogP contribution < -0.4 is 5.73 Å². The third-order valence-electron chi connectivity index (χ3n) is 3.04. The van der Waals surface area contributed by atoms with Crippen molar-refractivity contribution in [2.24, 2.45) is 5.73 Å². The fraction of sp³-hybridized carbons (Fsp3) is 0.571. The average Bonchev–Trinajstić information content (AvgIpc) is 2.40. The van der Waals surface area contributed by atoms with E-state index in [4.69, 9.17) is 10.5 Å². The molecule has 0 aliphatic rings. The van der Waals surface area contributed by atoms with Crippen LogP contribution in [0.15, 0.2) is 29.2 Å². The lowest BCUT2D eigenvalue weighted by Crippen LogP contribution is -2.41. The number of likely N-dealkylation sites (N-methyl/N-ethyl adjacent to an activating group) is 1. The van der Waals surface area contributed by atoms with E-state index in [1.807, 2.05) is 12.1 Å². The highest BCUT2D eigenvalue weighted by Gasteiger charge is 2.22. The van der Waals surface area contributed by atoms with E-state index in [1.165, 1.54) is 11.4 Å². The van der Waals surface area contributed by atoms with Crippen LogP contribution in [0.2, 0.25) is 0 Å². The first-order valence-corrected chi connectivity index (χ1v) is 8.15. The molecule has 0 aromatic heterocycles. The quantitative estimate of drug-likeness (QED) is 0.784. The van der Waals surface area contributed by atoms with E-state index in [9.17, 15) is 8.42 Å². The van der Waals surface area contributed by atoms with Crippen LogP contribution in [0.25, 0.3) is 0 Å². The monoisotopic (exact) mass is 300 g/mol. The van der Waals surface area contributed by atoms with Crippen LogP contribution in [-0.4, -0.2) is 46.1 Å². The number of benzene rings is 1. The Labute approximate surface area is 121 Å². The van der Waals surface area contributed by atoms with E-state index in [1.54, 1.807) is 19.2 Å². The summed E-state index contributed by atoms with van der Waals surface area (Å²) in [6.45, 7) is 2.65. The molecule has 0 radical (unpaired) electrons. The maximum absolute atomic E-state index is 12.4. The van der Waals surface area contributed by atoms with E-state index in [-0.39, 0.29) is 12.6 Å². The smallest absolute Gasteiger partial charge is 0.242 e. The zero-order valence-electron chi connectivity index (χ0n) is 12.4. The lowest BCUT2D eigenvalue weighted by molar-refractivity contribution is 0.173. The Balaban J connectivity index is 2.81. The topological polar surface area (TPSA) is 72.6 Å². The van der Waals surface area contributed by atoms with Crippen molar-refractivity contribution in [1.82, 2.24) is 4.31 Å².